The molecule has 1 unspecified atom stereocenters. The number of benzene rings is 1. The summed E-state index contributed by atoms with van der Waals surface area (Å²) >= 11 is 3.25. The monoisotopic (exact) mass is 357 g/mol. The van der Waals surface area contributed by atoms with Crippen molar-refractivity contribution in [2.24, 2.45) is 0 Å². The van der Waals surface area contributed by atoms with Crippen molar-refractivity contribution < 1.29 is 8.42 Å². The molecule has 0 bridgehead atoms. The van der Waals surface area contributed by atoms with Gasteiger partial charge in [-0.3, -0.25) is 0 Å². The largest absolute Gasteiger partial charge is 0.316 e. The van der Waals surface area contributed by atoms with Crippen LogP contribution in [-0.2, 0) is 10.0 Å². The van der Waals surface area contributed by atoms with Crippen molar-refractivity contribution >= 4 is 26.0 Å². The van der Waals surface area contributed by atoms with Gasteiger partial charge in [-0.05, 0) is 38.1 Å². The van der Waals surface area contributed by atoms with Crippen molar-refractivity contribution in [3.05, 3.63) is 28.2 Å². The molecule has 1 aromatic rings. The number of rotatable bonds is 3. The van der Waals surface area contributed by atoms with Gasteiger partial charge in [0.2, 0.25) is 10.0 Å². The highest BCUT2D eigenvalue weighted by Crippen LogP contribution is 2.24. The number of nitrogens with one attached hydrogen (secondary N) is 1. The number of halogens is 1. The van der Waals surface area contributed by atoms with E-state index in [-0.39, 0.29) is 10.9 Å². The highest BCUT2D eigenvalue weighted by molar-refractivity contribution is 9.10. The molecule has 1 atom stereocenters. The molecule has 1 saturated heterocycles. The molecule has 0 radical (unpaired) electrons. The summed E-state index contributed by atoms with van der Waals surface area (Å²) in [5.74, 6) is 0. The predicted octanol–water partition coefficient (Wildman–Crippen LogP) is 1.69. The lowest BCUT2D eigenvalue weighted by Crippen LogP contribution is -2.46. The maximum atomic E-state index is 12.6. The van der Waals surface area contributed by atoms with Crippen LogP contribution in [0, 0.1) is 11.3 Å². The average molecular weight is 358 g/mol. The van der Waals surface area contributed by atoms with E-state index in [0.717, 1.165) is 12.8 Å². The minimum Gasteiger partial charge on any atom is -0.316 e. The molecule has 1 heterocycles. The van der Waals surface area contributed by atoms with Crippen LogP contribution in [-0.4, -0.2) is 38.9 Å². The second-order valence-corrected chi connectivity index (χ2v) is 7.63. The van der Waals surface area contributed by atoms with Gasteiger partial charge in [0.15, 0.2) is 0 Å². The fourth-order valence-electron chi connectivity index (χ4n) is 2.32. The maximum absolute atomic E-state index is 12.6. The van der Waals surface area contributed by atoms with Gasteiger partial charge in [-0.1, -0.05) is 15.9 Å². The first-order chi connectivity index (χ1) is 9.47. The predicted molar refractivity (Wildman–Crippen MR) is 79.7 cm³/mol. The molecule has 5 nitrogen and oxygen atoms in total. The lowest BCUT2D eigenvalue weighted by atomic mass is 10.1. The number of hydrogen-bond acceptors (Lipinski definition) is 4. The van der Waals surface area contributed by atoms with Gasteiger partial charge in [-0.15, -0.1) is 0 Å². The molecule has 0 saturated carbocycles. The number of nitrogens with zero attached hydrogens (tertiary/aromatic N) is 2. The third-order valence-electron chi connectivity index (χ3n) is 3.43. The van der Waals surface area contributed by atoms with Crippen molar-refractivity contribution in [3.63, 3.8) is 0 Å². The van der Waals surface area contributed by atoms with Crippen LogP contribution in [0.2, 0.25) is 0 Å². The minimum atomic E-state index is -3.55. The molecular formula is C13H16BrN3O2S. The smallest absolute Gasteiger partial charge is 0.243 e. The van der Waals surface area contributed by atoms with E-state index in [1.807, 2.05) is 13.1 Å². The molecule has 1 aliphatic rings. The highest BCUT2D eigenvalue weighted by Gasteiger charge is 2.30. The summed E-state index contributed by atoms with van der Waals surface area (Å²) in [4.78, 5) is 0.167. The Morgan fingerprint density at radius 2 is 2.20 bits per heavy atom. The Balaban J connectivity index is 2.35. The summed E-state index contributed by atoms with van der Waals surface area (Å²) in [5, 5.41) is 12.1. The quantitative estimate of drug-likeness (QED) is 0.893. The van der Waals surface area contributed by atoms with Crippen LogP contribution in [0.25, 0.3) is 0 Å². The van der Waals surface area contributed by atoms with Crippen molar-refractivity contribution in [3.8, 4) is 6.07 Å². The number of likely N-dealkylation sites (N-methyl/N-ethyl adjacent to an activating group) is 1. The van der Waals surface area contributed by atoms with Gasteiger partial charge >= 0.3 is 0 Å². The fourth-order valence-corrected chi connectivity index (χ4v) is 4.56. The van der Waals surface area contributed by atoms with E-state index in [1.165, 1.54) is 10.4 Å². The molecule has 2 rings (SSSR count). The molecule has 7 heteroatoms. The highest BCUT2D eigenvalue weighted by atomic mass is 79.9. The van der Waals surface area contributed by atoms with E-state index >= 15 is 0 Å². The number of nitriles is 1. The number of hydrogen-bond donors (Lipinski definition) is 1. The van der Waals surface area contributed by atoms with Gasteiger partial charge in [0.05, 0.1) is 16.5 Å². The van der Waals surface area contributed by atoms with Gasteiger partial charge in [-0.25, -0.2) is 8.42 Å². The number of piperidine rings is 1. The Labute approximate surface area is 127 Å². The van der Waals surface area contributed by atoms with E-state index < -0.39 is 10.0 Å². The Hall–Kier alpha value is -0.940. The molecular weight excluding hydrogens is 342 g/mol. The van der Waals surface area contributed by atoms with Crippen LogP contribution in [0.3, 0.4) is 0 Å². The number of sulfonamides is 1. The van der Waals surface area contributed by atoms with Gasteiger partial charge < -0.3 is 5.32 Å². The zero-order valence-corrected chi connectivity index (χ0v) is 13.5. The van der Waals surface area contributed by atoms with Crippen LogP contribution in [0.15, 0.2) is 27.6 Å². The van der Waals surface area contributed by atoms with Crippen LogP contribution >= 0.6 is 15.9 Å². The molecule has 1 aliphatic heterocycles. The SMILES string of the molecule is CNC1CCCN(S(=O)(=O)c2cc(Br)cc(C#N)c2)C1. The lowest BCUT2D eigenvalue weighted by molar-refractivity contribution is 0.293. The first kappa shape index (κ1) is 15.4. The lowest BCUT2D eigenvalue weighted by Gasteiger charge is -2.31. The van der Waals surface area contributed by atoms with E-state index in [1.54, 1.807) is 12.1 Å². The molecule has 0 aromatic heterocycles. The van der Waals surface area contributed by atoms with Gasteiger partial charge in [0.1, 0.15) is 0 Å². The second kappa shape index (κ2) is 6.22. The van der Waals surface area contributed by atoms with Crippen molar-refractivity contribution in [1.82, 2.24) is 9.62 Å². The third kappa shape index (κ3) is 3.20. The summed E-state index contributed by atoms with van der Waals surface area (Å²) in [6.07, 6.45) is 1.81. The Morgan fingerprint density at radius 1 is 1.45 bits per heavy atom. The standard InChI is InChI=1S/C13H16BrN3O2S/c1-16-12-3-2-4-17(9-12)20(18,19)13-6-10(8-15)5-11(14)7-13/h5-7,12,16H,2-4,9H2,1H3. The van der Waals surface area contributed by atoms with Gasteiger partial charge in [0, 0.05) is 23.6 Å². The summed E-state index contributed by atoms with van der Waals surface area (Å²) in [6.45, 7) is 0.988. The van der Waals surface area contributed by atoms with E-state index in [2.05, 4.69) is 21.2 Å². The molecule has 1 aromatic carbocycles. The summed E-state index contributed by atoms with van der Waals surface area (Å²) in [6, 6.07) is 6.72. The Kier molecular flexibility index (Phi) is 4.81. The van der Waals surface area contributed by atoms with E-state index in [0.29, 0.717) is 23.1 Å². The molecule has 1 N–H and O–H groups in total. The zero-order valence-electron chi connectivity index (χ0n) is 11.1. The zero-order chi connectivity index (χ0) is 14.8. The van der Waals surface area contributed by atoms with Crippen LogP contribution in [0.4, 0.5) is 0 Å². The molecule has 1 fully saturated rings. The molecule has 20 heavy (non-hydrogen) atoms. The van der Waals surface area contributed by atoms with Gasteiger partial charge in [0.25, 0.3) is 0 Å². The molecule has 108 valence electrons. The Morgan fingerprint density at radius 3 is 2.85 bits per heavy atom. The minimum absolute atomic E-state index is 0.167. The van der Waals surface area contributed by atoms with Crippen LogP contribution < -0.4 is 5.32 Å². The van der Waals surface area contributed by atoms with Crippen LogP contribution in [0.5, 0.6) is 0 Å². The maximum Gasteiger partial charge on any atom is 0.243 e. The average Bonchev–Trinajstić information content (AvgIpc) is 2.46. The summed E-state index contributed by atoms with van der Waals surface area (Å²) in [5.41, 5.74) is 0.333. The molecule has 0 spiro atoms. The summed E-state index contributed by atoms with van der Waals surface area (Å²) < 4.78 is 27.4. The first-order valence-electron chi connectivity index (χ1n) is 6.35. The van der Waals surface area contributed by atoms with Gasteiger partial charge in [-0.2, -0.15) is 9.57 Å². The normalized spacial score (nSPS) is 20.6. The molecule has 0 aliphatic carbocycles. The summed E-state index contributed by atoms with van der Waals surface area (Å²) in [7, 11) is -1.71. The molecule has 0 amide bonds. The third-order valence-corrected chi connectivity index (χ3v) is 5.73. The van der Waals surface area contributed by atoms with E-state index in [4.69, 9.17) is 5.26 Å². The fraction of sp³-hybridized carbons (Fsp3) is 0.462. The second-order valence-electron chi connectivity index (χ2n) is 4.78. The first-order valence-corrected chi connectivity index (χ1v) is 8.59. The van der Waals surface area contributed by atoms with Crippen LogP contribution in [0.1, 0.15) is 18.4 Å². The van der Waals surface area contributed by atoms with Crippen molar-refractivity contribution in [2.45, 2.75) is 23.8 Å². The van der Waals surface area contributed by atoms with Crippen molar-refractivity contribution in [1.29, 1.82) is 5.26 Å². The van der Waals surface area contributed by atoms with Crippen molar-refractivity contribution in [2.75, 3.05) is 20.1 Å². The topological polar surface area (TPSA) is 73.2 Å². The van der Waals surface area contributed by atoms with E-state index in [9.17, 15) is 8.42 Å². The Bertz CT molecular complexity index is 640.